The van der Waals surface area contributed by atoms with Gasteiger partial charge in [-0.2, -0.15) is 52.7 Å². The predicted octanol–water partition coefficient (Wildman–Crippen LogP) is 6.94. The van der Waals surface area contributed by atoms with E-state index in [9.17, 15) is 52.7 Å². The monoisotopic (exact) mass is 545 g/mol. The molecule has 0 amide bonds. The highest BCUT2D eigenvalue weighted by molar-refractivity contribution is 5.36. The van der Waals surface area contributed by atoms with Crippen LogP contribution in [-0.2, 0) is 34.2 Å². The molecule has 2 unspecified atom stereocenters. The van der Waals surface area contributed by atoms with Gasteiger partial charge in [-0.1, -0.05) is 6.07 Å². The molecule has 36 heavy (non-hydrogen) atoms. The van der Waals surface area contributed by atoms with Gasteiger partial charge in [0.1, 0.15) is 12.5 Å². The number of pyridine rings is 1. The molecule has 0 saturated heterocycles. The minimum atomic E-state index is -5.48. The summed E-state index contributed by atoms with van der Waals surface area (Å²) in [5.74, 6) is 0. The van der Waals surface area contributed by atoms with E-state index in [1.807, 2.05) is 0 Å². The van der Waals surface area contributed by atoms with E-state index in [0.29, 0.717) is 6.07 Å². The molecule has 0 spiro atoms. The second kappa shape index (κ2) is 10.4. The van der Waals surface area contributed by atoms with Gasteiger partial charge in [-0.25, -0.2) is 4.98 Å². The third-order valence-corrected chi connectivity index (χ3v) is 4.80. The van der Waals surface area contributed by atoms with Crippen LogP contribution in [0, 0.1) is 0 Å². The number of rotatable bonds is 7. The zero-order valence-corrected chi connectivity index (χ0v) is 17.7. The zero-order valence-electron chi connectivity index (χ0n) is 17.7. The average Bonchev–Trinajstić information content (AvgIpc) is 2.73. The topological polar surface area (TPSA) is 51.6 Å². The molecule has 0 fully saturated rings. The van der Waals surface area contributed by atoms with Crippen LogP contribution in [0.4, 0.5) is 52.7 Å². The molecule has 202 valence electrons. The fraction of sp³-hybridized carbons (Fsp3) is 0.450. The summed E-state index contributed by atoms with van der Waals surface area (Å²) in [4.78, 5) is 2.57. The van der Waals surface area contributed by atoms with E-state index in [2.05, 4.69) is 4.98 Å². The molecule has 0 saturated carbocycles. The number of benzene rings is 1. The molecule has 1 aromatic carbocycles. The van der Waals surface area contributed by atoms with Crippen molar-refractivity contribution in [3.05, 3.63) is 64.0 Å². The summed E-state index contributed by atoms with van der Waals surface area (Å²) in [5.41, 5.74) is -9.29. The lowest BCUT2D eigenvalue weighted by molar-refractivity contribution is -0.153. The molecule has 2 atom stereocenters. The van der Waals surface area contributed by atoms with E-state index in [0.717, 1.165) is 7.11 Å². The number of ether oxygens (including phenoxy) is 2. The largest absolute Gasteiger partial charge is 0.433 e. The first-order valence-corrected chi connectivity index (χ1v) is 9.49. The summed E-state index contributed by atoms with van der Waals surface area (Å²) in [7, 11) is 0.823. The molecule has 1 heterocycles. The van der Waals surface area contributed by atoms with Crippen LogP contribution in [0.3, 0.4) is 0 Å². The van der Waals surface area contributed by atoms with E-state index in [1.54, 1.807) is 0 Å². The normalized spacial score (nSPS) is 15.2. The van der Waals surface area contributed by atoms with Gasteiger partial charge < -0.3 is 14.6 Å². The first kappa shape index (κ1) is 29.6. The van der Waals surface area contributed by atoms with Crippen LogP contribution < -0.4 is 0 Å². The fourth-order valence-corrected chi connectivity index (χ4v) is 3.22. The van der Waals surface area contributed by atoms with Crippen molar-refractivity contribution in [3.63, 3.8) is 0 Å². The Morgan fingerprint density at radius 3 is 1.67 bits per heavy atom. The van der Waals surface area contributed by atoms with Gasteiger partial charge in [0.05, 0.1) is 23.3 Å². The number of aliphatic hydroxyl groups excluding tert-OH is 1. The van der Waals surface area contributed by atoms with Gasteiger partial charge in [0.2, 0.25) is 0 Å². The Hall–Kier alpha value is -2.59. The molecule has 0 aliphatic heterocycles. The molecular formula is C20H15F12NO3. The maximum Gasteiger partial charge on any atom is 0.433 e. The molecule has 4 nitrogen and oxygen atoms in total. The van der Waals surface area contributed by atoms with Gasteiger partial charge in [-0.15, -0.1) is 0 Å². The number of halogens is 12. The standard InChI is InChI=1S/C20H15F12NO3/c1-35-13(9-4-10(17(21,22)23)6-11(5-9)18(24,25)26)7-14(36-8-34)12-2-3-15(19(27,28)29)33-16(12)20(30,31)32/h2-6,13-14,34H,7-8H2,1H3. The van der Waals surface area contributed by atoms with Crippen LogP contribution in [0.5, 0.6) is 0 Å². The Kier molecular flexibility index (Phi) is 8.57. The molecule has 2 rings (SSSR count). The van der Waals surface area contributed by atoms with E-state index >= 15 is 0 Å². The number of methoxy groups -OCH3 is 1. The van der Waals surface area contributed by atoms with Crippen molar-refractivity contribution in [2.24, 2.45) is 0 Å². The van der Waals surface area contributed by atoms with Crippen molar-refractivity contribution in [2.75, 3.05) is 13.9 Å². The van der Waals surface area contributed by atoms with Gasteiger partial charge in [-0.05, 0) is 29.8 Å². The summed E-state index contributed by atoms with van der Waals surface area (Å²) in [6.07, 6.45) is -26.0. The second-order valence-corrected chi connectivity index (χ2v) is 7.21. The first-order chi connectivity index (χ1) is 16.3. The summed E-state index contributed by atoms with van der Waals surface area (Å²) in [6, 6.07) is 0.870. The van der Waals surface area contributed by atoms with Gasteiger partial charge in [0, 0.05) is 19.1 Å². The lowest BCUT2D eigenvalue weighted by Crippen LogP contribution is -2.22. The zero-order chi connectivity index (χ0) is 27.7. The molecule has 0 bridgehead atoms. The highest BCUT2D eigenvalue weighted by Gasteiger charge is 2.42. The maximum atomic E-state index is 13.5. The van der Waals surface area contributed by atoms with E-state index < -0.39 is 83.8 Å². The van der Waals surface area contributed by atoms with Crippen molar-refractivity contribution in [2.45, 2.75) is 43.3 Å². The Bertz CT molecular complexity index is 1010. The highest BCUT2D eigenvalue weighted by atomic mass is 19.4. The molecule has 1 N–H and O–H groups in total. The van der Waals surface area contributed by atoms with Crippen LogP contribution in [-0.4, -0.2) is 24.0 Å². The minimum absolute atomic E-state index is 0.173. The summed E-state index contributed by atoms with van der Waals surface area (Å²) < 4.78 is 168. The van der Waals surface area contributed by atoms with Crippen LogP contribution in [0.1, 0.15) is 52.3 Å². The van der Waals surface area contributed by atoms with Gasteiger partial charge >= 0.3 is 24.7 Å². The third-order valence-electron chi connectivity index (χ3n) is 4.80. The smallest absolute Gasteiger partial charge is 0.377 e. The Morgan fingerprint density at radius 2 is 1.28 bits per heavy atom. The van der Waals surface area contributed by atoms with Gasteiger partial charge in [-0.3, -0.25) is 0 Å². The highest BCUT2D eigenvalue weighted by Crippen LogP contribution is 2.42. The molecule has 1 aromatic heterocycles. The molecule has 0 radical (unpaired) electrons. The lowest BCUT2D eigenvalue weighted by Gasteiger charge is -2.26. The molecule has 0 aliphatic carbocycles. The molecular weight excluding hydrogens is 530 g/mol. The fourth-order valence-electron chi connectivity index (χ4n) is 3.22. The van der Waals surface area contributed by atoms with Crippen molar-refractivity contribution in [1.29, 1.82) is 0 Å². The molecule has 16 heteroatoms. The second-order valence-electron chi connectivity index (χ2n) is 7.21. The Labute approximate surface area is 194 Å². The summed E-state index contributed by atoms with van der Waals surface area (Å²) >= 11 is 0. The number of aromatic nitrogens is 1. The number of nitrogens with zero attached hydrogens (tertiary/aromatic N) is 1. The SMILES string of the molecule is COC(CC(OCO)c1ccc(C(F)(F)F)nc1C(F)(F)F)c1cc(C(F)(F)F)cc(C(F)(F)F)c1. The van der Waals surface area contributed by atoms with Crippen LogP contribution >= 0.6 is 0 Å². The van der Waals surface area contributed by atoms with Crippen LogP contribution in [0.25, 0.3) is 0 Å². The van der Waals surface area contributed by atoms with Crippen molar-refractivity contribution in [3.8, 4) is 0 Å². The van der Waals surface area contributed by atoms with Crippen LogP contribution in [0.15, 0.2) is 30.3 Å². The van der Waals surface area contributed by atoms with Crippen molar-refractivity contribution < 1.29 is 67.3 Å². The van der Waals surface area contributed by atoms with Gasteiger partial charge in [0.25, 0.3) is 0 Å². The van der Waals surface area contributed by atoms with E-state index in [4.69, 9.17) is 14.6 Å². The number of alkyl halides is 12. The van der Waals surface area contributed by atoms with Gasteiger partial charge in [0.15, 0.2) is 5.69 Å². The Balaban J connectivity index is 2.62. The lowest BCUT2D eigenvalue weighted by atomic mass is 9.94. The Morgan fingerprint density at radius 1 is 0.750 bits per heavy atom. The third kappa shape index (κ3) is 7.22. The number of aliphatic hydroxyl groups is 1. The molecule has 2 aromatic rings. The van der Waals surface area contributed by atoms with E-state index in [1.165, 1.54) is 0 Å². The first-order valence-electron chi connectivity index (χ1n) is 9.49. The molecule has 0 aliphatic rings. The number of hydrogen-bond acceptors (Lipinski definition) is 4. The van der Waals surface area contributed by atoms with Crippen molar-refractivity contribution >= 4 is 0 Å². The summed E-state index contributed by atoms with van der Waals surface area (Å²) in [6.45, 7) is -1.31. The maximum absolute atomic E-state index is 13.5. The predicted molar refractivity (Wildman–Crippen MR) is 96.0 cm³/mol. The minimum Gasteiger partial charge on any atom is -0.377 e. The van der Waals surface area contributed by atoms with Crippen molar-refractivity contribution in [1.82, 2.24) is 4.98 Å². The van der Waals surface area contributed by atoms with Crippen LogP contribution in [0.2, 0.25) is 0 Å². The van der Waals surface area contributed by atoms with E-state index in [-0.39, 0.29) is 24.3 Å². The number of hydrogen-bond donors (Lipinski definition) is 1. The summed E-state index contributed by atoms with van der Waals surface area (Å²) in [5, 5.41) is 9.09. The quantitative estimate of drug-likeness (QED) is 0.303. The average molecular weight is 545 g/mol.